The van der Waals surface area contributed by atoms with Gasteiger partial charge in [-0.05, 0) is 62.9 Å². The molecule has 10 heteroatoms. The van der Waals surface area contributed by atoms with Gasteiger partial charge in [0.1, 0.15) is 33.4 Å². The van der Waals surface area contributed by atoms with Gasteiger partial charge in [0.05, 0.1) is 11.7 Å². The fraction of sp³-hybridized carbons (Fsp3) is 0.333. The van der Waals surface area contributed by atoms with E-state index in [1.807, 2.05) is 38.1 Å². The Hall–Kier alpha value is -3.13. The van der Waals surface area contributed by atoms with Gasteiger partial charge in [0, 0.05) is 17.2 Å². The number of Topliss-reactive ketones (excluding diaryl/α,β-unsaturated/α-hetero) is 1. The molecule has 1 N–H and O–H groups in total. The summed E-state index contributed by atoms with van der Waals surface area (Å²) >= 11 is 1.41. The van der Waals surface area contributed by atoms with E-state index in [9.17, 15) is 18.5 Å². The molecule has 1 atom stereocenters. The number of carbonyl (C=O) groups excluding carboxylic acids is 1. The number of hydrogen-bond donors (Lipinski definition) is 1. The molecule has 0 bridgehead atoms. The SMILES string of the molecule is CC(=O)CS(=O)(=O)N[C@H]1CCc2c(-c3nnc(-c4ccc(OC(C)C)c(C#N)c4)s3)cccc21. The molecule has 0 saturated carbocycles. The molecule has 0 unspecified atom stereocenters. The molecule has 0 radical (unpaired) electrons. The summed E-state index contributed by atoms with van der Waals surface area (Å²) < 4.78 is 32.9. The monoisotopic (exact) mass is 496 g/mol. The lowest BCUT2D eigenvalue weighted by Crippen LogP contribution is -2.31. The highest BCUT2D eigenvalue weighted by atomic mass is 32.2. The first-order valence-electron chi connectivity index (χ1n) is 10.8. The number of aromatic nitrogens is 2. The maximum absolute atomic E-state index is 12.3. The van der Waals surface area contributed by atoms with Crippen molar-refractivity contribution in [1.82, 2.24) is 14.9 Å². The van der Waals surface area contributed by atoms with Gasteiger partial charge in [-0.2, -0.15) is 5.26 Å². The molecule has 0 saturated heterocycles. The molecule has 176 valence electrons. The number of ether oxygens (including phenoxy) is 1. The zero-order chi connectivity index (χ0) is 24.5. The summed E-state index contributed by atoms with van der Waals surface area (Å²) in [7, 11) is -3.70. The van der Waals surface area contributed by atoms with Crippen LogP contribution in [-0.4, -0.2) is 36.3 Å². The van der Waals surface area contributed by atoms with Crippen molar-refractivity contribution in [3.63, 3.8) is 0 Å². The van der Waals surface area contributed by atoms with Crippen LogP contribution in [-0.2, 0) is 21.2 Å². The number of sulfonamides is 1. The van der Waals surface area contributed by atoms with Crippen LogP contribution in [0.1, 0.15) is 49.9 Å². The molecule has 0 amide bonds. The minimum Gasteiger partial charge on any atom is -0.490 e. The van der Waals surface area contributed by atoms with E-state index >= 15 is 0 Å². The van der Waals surface area contributed by atoms with Gasteiger partial charge in [0.2, 0.25) is 10.0 Å². The Morgan fingerprint density at radius 2 is 2.03 bits per heavy atom. The first-order valence-corrected chi connectivity index (χ1v) is 13.3. The van der Waals surface area contributed by atoms with Crippen LogP contribution in [0.3, 0.4) is 0 Å². The van der Waals surface area contributed by atoms with Crippen molar-refractivity contribution >= 4 is 27.1 Å². The molecule has 2 aromatic carbocycles. The molecule has 1 aromatic heterocycles. The molecule has 34 heavy (non-hydrogen) atoms. The quantitative estimate of drug-likeness (QED) is 0.500. The number of ketones is 1. The Kier molecular flexibility index (Phi) is 6.79. The summed E-state index contributed by atoms with van der Waals surface area (Å²) in [5, 5.41) is 19.6. The van der Waals surface area contributed by atoms with E-state index in [4.69, 9.17) is 4.74 Å². The Bertz CT molecular complexity index is 1390. The molecule has 1 heterocycles. The second kappa shape index (κ2) is 9.62. The van der Waals surface area contributed by atoms with E-state index in [2.05, 4.69) is 21.0 Å². The van der Waals surface area contributed by atoms with Gasteiger partial charge in [-0.1, -0.05) is 29.5 Å². The van der Waals surface area contributed by atoms with E-state index in [0.717, 1.165) is 27.3 Å². The van der Waals surface area contributed by atoms with Gasteiger partial charge < -0.3 is 4.74 Å². The summed E-state index contributed by atoms with van der Waals surface area (Å²) in [5.74, 6) is -0.390. The predicted octanol–water partition coefficient (Wildman–Crippen LogP) is 4.03. The molecule has 4 rings (SSSR count). The number of fused-ring (bicyclic) bond motifs is 1. The van der Waals surface area contributed by atoms with Crippen molar-refractivity contribution < 1.29 is 17.9 Å². The number of nitrogens with one attached hydrogen (secondary N) is 1. The summed E-state index contributed by atoms with van der Waals surface area (Å²) in [6.45, 7) is 5.07. The lowest BCUT2D eigenvalue weighted by atomic mass is 10.0. The number of nitrogens with zero attached hydrogens (tertiary/aromatic N) is 3. The van der Waals surface area contributed by atoms with E-state index in [-0.39, 0.29) is 12.1 Å². The Balaban J connectivity index is 1.62. The first-order chi connectivity index (χ1) is 16.2. The molecule has 8 nitrogen and oxygen atoms in total. The molecule has 0 fully saturated rings. The summed E-state index contributed by atoms with van der Waals surface area (Å²) in [4.78, 5) is 11.3. The number of carbonyl (C=O) groups is 1. The number of benzene rings is 2. The number of nitriles is 1. The largest absolute Gasteiger partial charge is 0.490 e. The van der Waals surface area contributed by atoms with Crippen molar-refractivity contribution in [3.05, 3.63) is 53.1 Å². The van der Waals surface area contributed by atoms with Gasteiger partial charge >= 0.3 is 0 Å². The van der Waals surface area contributed by atoms with Crippen LogP contribution in [0.25, 0.3) is 21.1 Å². The first kappa shape index (κ1) is 24.0. The third-order valence-corrected chi connectivity index (χ3v) is 7.79. The second-order valence-electron chi connectivity index (χ2n) is 8.45. The van der Waals surface area contributed by atoms with Crippen LogP contribution in [0.5, 0.6) is 5.75 Å². The minimum atomic E-state index is -3.70. The predicted molar refractivity (Wildman–Crippen MR) is 130 cm³/mol. The van der Waals surface area contributed by atoms with Crippen molar-refractivity contribution in [2.24, 2.45) is 0 Å². The molecule has 1 aliphatic rings. The molecule has 1 aliphatic carbocycles. The maximum Gasteiger partial charge on any atom is 0.219 e. The smallest absolute Gasteiger partial charge is 0.219 e. The molecule has 3 aromatic rings. The molecule has 0 spiro atoms. The number of hydrogen-bond acceptors (Lipinski definition) is 8. The Morgan fingerprint density at radius 1 is 1.26 bits per heavy atom. The van der Waals surface area contributed by atoms with Gasteiger partial charge in [-0.15, -0.1) is 10.2 Å². The van der Waals surface area contributed by atoms with Crippen LogP contribution in [0, 0.1) is 11.3 Å². The van der Waals surface area contributed by atoms with Crippen molar-refractivity contribution in [2.45, 2.75) is 45.8 Å². The summed E-state index contributed by atoms with van der Waals surface area (Å²) in [5.41, 5.74) is 4.04. The van der Waals surface area contributed by atoms with E-state index in [1.165, 1.54) is 18.3 Å². The number of rotatable bonds is 8. The summed E-state index contributed by atoms with van der Waals surface area (Å²) in [6.07, 6.45) is 1.26. The van der Waals surface area contributed by atoms with Crippen LogP contribution < -0.4 is 9.46 Å². The molecule has 0 aliphatic heterocycles. The topological polar surface area (TPSA) is 122 Å². The highest BCUT2D eigenvalue weighted by Gasteiger charge is 2.29. The van der Waals surface area contributed by atoms with Crippen molar-refractivity contribution in [2.75, 3.05) is 5.75 Å². The highest BCUT2D eigenvalue weighted by Crippen LogP contribution is 2.40. The van der Waals surface area contributed by atoms with E-state index < -0.39 is 21.6 Å². The minimum absolute atomic E-state index is 0.0398. The Morgan fingerprint density at radius 3 is 2.74 bits per heavy atom. The van der Waals surface area contributed by atoms with Crippen LogP contribution >= 0.6 is 11.3 Å². The standard InChI is InChI=1S/C24H24N4O4S2/c1-14(2)32-22-10-7-16(11-17(22)12-25)23-26-27-24(33-23)20-6-4-5-19-18(20)8-9-21(19)28-34(30,31)13-15(3)29/h4-7,10-11,14,21,28H,8-9,13H2,1-3H3/t21-/m0/s1. The van der Waals surface area contributed by atoms with Crippen LogP contribution in [0.4, 0.5) is 0 Å². The van der Waals surface area contributed by atoms with Crippen molar-refractivity contribution in [1.29, 1.82) is 5.26 Å². The third-order valence-electron chi connectivity index (χ3n) is 5.35. The van der Waals surface area contributed by atoms with Crippen LogP contribution in [0.15, 0.2) is 36.4 Å². The zero-order valence-electron chi connectivity index (χ0n) is 19.0. The molecular weight excluding hydrogens is 472 g/mol. The van der Waals surface area contributed by atoms with E-state index in [1.54, 1.807) is 12.1 Å². The lowest BCUT2D eigenvalue weighted by molar-refractivity contribution is -0.114. The van der Waals surface area contributed by atoms with Crippen molar-refractivity contribution in [3.8, 4) is 33.0 Å². The fourth-order valence-electron chi connectivity index (χ4n) is 4.06. The maximum atomic E-state index is 12.3. The average Bonchev–Trinajstić information content (AvgIpc) is 3.40. The highest BCUT2D eigenvalue weighted by molar-refractivity contribution is 7.90. The zero-order valence-corrected chi connectivity index (χ0v) is 20.7. The van der Waals surface area contributed by atoms with Gasteiger partial charge in [-0.3, -0.25) is 4.79 Å². The Labute approximate surface area is 202 Å². The molecular formula is C24H24N4O4S2. The van der Waals surface area contributed by atoms with Gasteiger partial charge in [0.25, 0.3) is 0 Å². The lowest BCUT2D eigenvalue weighted by Gasteiger charge is -2.14. The fourth-order valence-corrected chi connectivity index (χ4v) is 6.25. The van der Waals surface area contributed by atoms with E-state index in [0.29, 0.717) is 29.2 Å². The second-order valence-corrected chi connectivity index (χ2v) is 11.2. The average molecular weight is 497 g/mol. The normalized spacial score (nSPS) is 15.2. The third kappa shape index (κ3) is 5.17. The van der Waals surface area contributed by atoms with Gasteiger partial charge in [0.15, 0.2) is 0 Å². The van der Waals surface area contributed by atoms with Crippen LogP contribution in [0.2, 0.25) is 0 Å². The van der Waals surface area contributed by atoms with Gasteiger partial charge in [-0.25, -0.2) is 13.1 Å². The summed E-state index contributed by atoms with van der Waals surface area (Å²) in [6, 6.07) is 12.9.